The molecule has 2 atom stereocenters. The molecule has 1 aliphatic heterocycles. The van der Waals surface area contributed by atoms with E-state index < -0.39 is 0 Å². The maximum Gasteiger partial charge on any atom is 0.236 e. The van der Waals surface area contributed by atoms with Crippen LogP contribution in [0.15, 0.2) is 52.2 Å². The van der Waals surface area contributed by atoms with Gasteiger partial charge >= 0.3 is 0 Å². The van der Waals surface area contributed by atoms with Crippen LogP contribution >= 0.6 is 11.8 Å². The summed E-state index contributed by atoms with van der Waals surface area (Å²) in [5, 5.41) is 9.50. The van der Waals surface area contributed by atoms with Crippen LogP contribution in [0.5, 0.6) is 0 Å². The van der Waals surface area contributed by atoms with Gasteiger partial charge in [0.15, 0.2) is 11.0 Å². The Morgan fingerprint density at radius 3 is 2.74 bits per heavy atom. The fraction of sp³-hybridized carbons (Fsp3) is 0.458. The zero-order valence-corrected chi connectivity index (χ0v) is 19.3. The molecule has 3 heterocycles. The molecule has 2 unspecified atom stereocenters. The van der Waals surface area contributed by atoms with Gasteiger partial charge < -0.3 is 9.32 Å². The van der Waals surface area contributed by atoms with Gasteiger partial charge in [0.1, 0.15) is 5.76 Å². The van der Waals surface area contributed by atoms with Crippen LogP contribution in [-0.4, -0.2) is 43.4 Å². The van der Waals surface area contributed by atoms with Crippen molar-refractivity contribution in [3.05, 3.63) is 54.0 Å². The molecule has 1 saturated heterocycles. The van der Waals surface area contributed by atoms with Crippen molar-refractivity contribution in [1.82, 2.24) is 19.7 Å². The molecule has 0 aliphatic carbocycles. The first-order valence-corrected chi connectivity index (χ1v) is 11.9. The number of aryl methyl sites for hydroxylation is 1. The third-order valence-electron chi connectivity index (χ3n) is 6.01. The van der Waals surface area contributed by atoms with Gasteiger partial charge in [0.05, 0.1) is 23.6 Å². The molecular weight excluding hydrogens is 408 g/mol. The number of hydrogen-bond donors (Lipinski definition) is 0. The Bertz CT molecular complexity index is 1010. The van der Waals surface area contributed by atoms with Crippen molar-refractivity contribution in [2.75, 3.05) is 6.54 Å². The molecule has 0 radical (unpaired) electrons. The summed E-state index contributed by atoms with van der Waals surface area (Å²) in [4.78, 5) is 15.3. The molecule has 2 aromatic heterocycles. The normalized spacial score (nSPS) is 17.6. The lowest BCUT2D eigenvalue weighted by atomic mass is 10.00. The number of rotatable bonds is 7. The maximum absolute atomic E-state index is 13.3. The lowest BCUT2D eigenvalue weighted by molar-refractivity contribution is -0.134. The lowest BCUT2D eigenvalue weighted by Gasteiger charge is -2.36. The van der Waals surface area contributed by atoms with E-state index >= 15 is 0 Å². The number of likely N-dealkylation sites (tertiary alicyclic amines) is 1. The average molecular weight is 439 g/mol. The van der Waals surface area contributed by atoms with E-state index in [4.69, 9.17) is 4.42 Å². The zero-order chi connectivity index (χ0) is 21.8. The number of nitrogens with zero attached hydrogens (tertiary/aromatic N) is 4. The highest BCUT2D eigenvalue weighted by Crippen LogP contribution is 2.31. The van der Waals surface area contributed by atoms with Crippen LogP contribution in [0.25, 0.3) is 11.4 Å². The summed E-state index contributed by atoms with van der Waals surface area (Å²) in [6, 6.07) is 12.5. The molecule has 6 nitrogen and oxygen atoms in total. The van der Waals surface area contributed by atoms with Gasteiger partial charge in [-0.3, -0.25) is 9.36 Å². The Hall–Kier alpha value is -2.54. The number of piperidine rings is 1. The first-order chi connectivity index (χ1) is 15.1. The first-order valence-electron chi connectivity index (χ1n) is 11.1. The standard InChI is InChI=1S/C24H30N4O2S/c1-4-20-12-8-9-14-27(20)23(29)18(3)31-24-26-25-22(21-13-15-30-17(21)2)28(24)16-19-10-6-5-7-11-19/h5-7,10-11,13,15,18,20H,4,8-9,12,14,16H2,1-3H3. The number of thioether (sulfide) groups is 1. The second kappa shape index (κ2) is 9.73. The summed E-state index contributed by atoms with van der Waals surface area (Å²) in [6.07, 6.45) is 6.09. The molecule has 7 heteroatoms. The third kappa shape index (κ3) is 4.71. The first kappa shape index (κ1) is 21.7. The van der Waals surface area contributed by atoms with Crippen molar-refractivity contribution in [3.63, 3.8) is 0 Å². The molecule has 1 aromatic carbocycles. The van der Waals surface area contributed by atoms with E-state index in [1.165, 1.54) is 18.2 Å². The SMILES string of the molecule is CCC1CCCCN1C(=O)C(C)Sc1nnc(-c2ccoc2C)n1Cc1ccccc1. The van der Waals surface area contributed by atoms with Gasteiger partial charge in [0.25, 0.3) is 0 Å². The second-order valence-corrected chi connectivity index (χ2v) is 9.43. The van der Waals surface area contributed by atoms with Crippen LogP contribution in [0.2, 0.25) is 0 Å². The molecule has 164 valence electrons. The molecule has 1 amide bonds. The summed E-state index contributed by atoms with van der Waals surface area (Å²) in [5.74, 6) is 1.77. The van der Waals surface area contributed by atoms with Gasteiger partial charge in [-0.05, 0) is 51.2 Å². The van der Waals surface area contributed by atoms with Crippen molar-refractivity contribution in [3.8, 4) is 11.4 Å². The number of furan rings is 1. The van der Waals surface area contributed by atoms with E-state index in [1.54, 1.807) is 6.26 Å². The third-order valence-corrected chi connectivity index (χ3v) is 7.08. The molecule has 1 fully saturated rings. The van der Waals surface area contributed by atoms with Crippen molar-refractivity contribution in [2.24, 2.45) is 0 Å². The Labute approximate surface area is 188 Å². The minimum Gasteiger partial charge on any atom is -0.469 e. The van der Waals surface area contributed by atoms with Gasteiger partial charge in [-0.25, -0.2) is 0 Å². The van der Waals surface area contributed by atoms with Crippen LogP contribution in [0.3, 0.4) is 0 Å². The number of benzene rings is 1. The number of amides is 1. The summed E-state index contributed by atoms with van der Waals surface area (Å²) >= 11 is 1.50. The molecule has 0 spiro atoms. The summed E-state index contributed by atoms with van der Waals surface area (Å²) in [7, 11) is 0. The van der Waals surface area contributed by atoms with E-state index in [0.29, 0.717) is 12.6 Å². The van der Waals surface area contributed by atoms with Crippen LogP contribution < -0.4 is 0 Å². The van der Waals surface area contributed by atoms with Gasteiger partial charge in [-0.1, -0.05) is 49.0 Å². The van der Waals surface area contributed by atoms with Gasteiger partial charge in [0.2, 0.25) is 5.91 Å². The second-order valence-electron chi connectivity index (χ2n) is 8.12. The van der Waals surface area contributed by atoms with Crippen LogP contribution in [0, 0.1) is 6.92 Å². The van der Waals surface area contributed by atoms with Crippen LogP contribution in [0.4, 0.5) is 0 Å². The molecule has 3 aromatic rings. The highest BCUT2D eigenvalue weighted by Gasteiger charge is 2.30. The highest BCUT2D eigenvalue weighted by molar-refractivity contribution is 8.00. The predicted octanol–water partition coefficient (Wildman–Crippen LogP) is 5.17. The van der Waals surface area contributed by atoms with Gasteiger partial charge in [0, 0.05) is 12.6 Å². The molecule has 4 rings (SSSR count). The molecule has 0 saturated carbocycles. The highest BCUT2D eigenvalue weighted by atomic mass is 32.2. The molecule has 31 heavy (non-hydrogen) atoms. The smallest absolute Gasteiger partial charge is 0.236 e. The number of hydrogen-bond acceptors (Lipinski definition) is 5. The predicted molar refractivity (Wildman–Crippen MR) is 123 cm³/mol. The van der Waals surface area contributed by atoms with Crippen molar-refractivity contribution < 1.29 is 9.21 Å². The monoisotopic (exact) mass is 438 g/mol. The van der Waals surface area contributed by atoms with Crippen molar-refractivity contribution >= 4 is 17.7 Å². The average Bonchev–Trinajstić information content (AvgIpc) is 3.39. The van der Waals surface area contributed by atoms with Crippen molar-refractivity contribution in [2.45, 2.75) is 69.4 Å². The number of carbonyl (C=O) groups is 1. The van der Waals surface area contributed by atoms with E-state index in [-0.39, 0.29) is 11.2 Å². The van der Waals surface area contributed by atoms with E-state index in [1.807, 2.05) is 38.1 Å². The van der Waals surface area contributed by atoms with Gasteiger partial charge in [-0.2, -0.15) is 0 Å². The van der Waals surface area contributed by atoms with E-state index in [9.17, 15) is 4.79 Å². The van der Waals surface area contributed by atoms with E-state index in [0.717, 1.165) is 53.7 Å². The summed E-state index contributed by atoms with van der Waals surface area (Å²) in [6.45, 7) is 7.58. The van der Waals surface area contributed by atoms with Crippen LogP contribution in [-0.2, 0) is 11.3 Å². The molecule has 0 N–H and O–H groups in total. The number of carbonyl (C=O) groups excluding carboxylic acids is 1. The minimum absolute atomic E-state index is 0.201. The Morgan fingerprint density at radius 2 is 2.03 bits per heavy atom. The van der Waals surface area contributed by atoms with Crippen molar-refractivity contribution in [1.29, 1.82) is 0 Å². The zero-order valence-electron chi connectivity index (χ0n) is 18.5. The fourth-order valence-corrected chi connectivity index (χ4v) is 5.18. The fourth-order valence-electron chi connectivity index (χ4n) is 4.26. The summed E-state index contributed by atoms with van der Waals surface area (Å²) in [5.41, 5.74) is 2.09. The minimum atomic E-state index is -0.218. The largest absolute Gasteiger partial charge is 0.469 e. The topological polar surface area (TPSA) is 64.2 Å². The summed E-state index contributed by atoms with van der Waals surface area (Å²) < 4.78 is 7.60. The number of aromatic nitrogens is 3. The van der Waals surface area contributed by atoms with Crippen LogP contribution in [0.1, 0.15) is 50.9 Å². The molecule has 0 bridgehead atoms. The lowest BCUT2D eigenvalue weighted by Crippen LogP contribution is -2.46. The van der Waals surface area contributed by atoms with Gasteiger partial charge in [-0.15, -0.1) is 10.2 Å². The Balaban J connectivity index is 1.61. The van der Waals surface area contributed by atoms with E-state index in [2.05, 4.69) is 38.7 Å². The Kier molecular flexibility index (Phi) is 6.80. The Morgan fingerprint density at radius 1 is 1.23 bits per heavy atom. The molecule has 1 aliphatic rings. The molecular formula is C24H30N4O2S. The quantitative estimate of drug-likeness (QED) is 0.476. The maximum atomic E-state index is 13.3.